The number of urea groups is 2. The number of carbonyl (C=O) groups excluding carboxylic acids is 3. The molecular weight excluding hydrogens is 317 g/mol. The number of hydrogen-bond donors (Lipinski definition) is 1. The molecule has 8 heteroatoms. The zero-order valence-corrected chi connectivity index (χ0v) is 12.9. The fraction of sp³-hybridized carbons (Fsp3) is 0.308. The summed E-state index contributed by atoms with van der Waals surface area (Å²) in [5.41, 5.74) is 0.205. The lowest BCUT2D eigenvalue weighted by Crippen LogP contribution is -2.45. The Balaban J connectivity index is 2.28. The second-order valence-corrected chi connectivity index (χ2v) is 5.64. The lowest BCUT2D eigenvalue weighted by Gasteiger charge is -2.18. The van der Waals surface area contributed by atoms with Gasteiger partial charge in [-0.15, -0.1) is 0 Å². The van der Waals surface area contributed by atoms with Crippen LogP contribution in [0.2, 0.25) is 10.0 Å². The van der Waals surface area contributed by atoms with Gasteiger partial charge >= 0.3 is 12.1 Å². The second kappa shape index (κ2) is 5.91. The van der Waals surface area contributed by atoms with Crippen molar-refractivity contribution in [1.29, 1.82) is 0 Å². The number of amides is 5. The molecule has 1 aromatic rings. The Hall–Kier alpha value is -1.79. The summed E-state index contributed by atoms with van der Waals surface area (Å²) in [4.78, 5) is 37.9. The first-order chi connectivity index (χ1) is 9.81. The first kappa shape index (κ1) is 15.6. The van der Waals surface area contributed by atoms with E-state index in [-0.39, 0.29) is 23.3 Å². The Morgan fingerprint density at radius 3 is 2.52 bits per heavy atom. The molecule has 5 amide bonds. The summed E-state index contributed by atoms with van der Waals surface area (Å²) >= 11 is 11.8. The zero-order chi connectivity index (χ0) is 15.7. The first-order valence-electron chi connectivity index (χ1n) is 6.21. The number of nitrogens with zero attached hydrogens (tertiary/aromatic N) is 2. The molecule has 112 valence electrons. The molecule has 1 saturated heterocycles. The molecule has 0 spiro atoms. The molecule has 0 unspecified atom stereocenters. The molecule has 0 atom stereocenters. The number of hydrogen-bond acceptors (Lipinski definition) is 3. The van der Waals surface area contributed by atoms with Crippen molar-refractivity contribution in [3.63, 3.8) is 0 Å². The van der Waals surface area contributed by atoms with E-state index in [0.717, 1.165) is 9.80 Å². The van der Waals surface area contributed by atoms with Crippen molar-refractivity contribution in [3.8, 4) is 0 Å². The Bertz CT molecular complexity index is 619. The molecule has 0 bridgehead atoms. The van der Waals surface area contributed by atoms with Gasteiger partial charge < -0.3 is 5.32 Å². The monoisotopic (exact) mass is 329 g/mol. The van der Waals surface area contributed by atoms with Crippen molar-refractivity contribution in [3.05, 3.63) is 28.2 Å². The summed E-state index contributed by atoms with van der Waals surface area (Å²) in [5.74, 6) is -0.525. The molecule has 1 heterocycles. The molecule has 0 radical (unpaired) electrons. The van der Waals surface area contributed by atoms with Crippen LogP contribution >= 0.6 is 23.2 Å². The minimum atomic E-state index is -0.734. The smallest absolute Gasteiger partial charge is 0.335 e. The van der Waals surface area contributed by atoms with Crippen molar-refractivity contribution < 1.29 is 14.4 Å². The van der Waals surface area contributed by atoms with Crippen LogP contribution in [-0.4, -0.2) is 35.5 Å². The van der Waals surface area contributed by atoms with E-state index in [9.17, 15) is 14.4 Å². The summed E-state index contributed by atoms with van der Waals surface area (Å²) in [5, 5.41) is 3.11. The topological polar surface area (TPSA) is 69.7 Å². The quantitative estimate of drug-likeness (QED) is 0.848. The number of imide groups is 2. The highest BCUT2D eigenvalue weighted by atomic mass is 35.5. The van der Waals surface area contributed by atoms with Crippen molar-refractivity contribution in [2.75, 3.05) is 11.4 Å². The van der Waals surface area contributed by atoms with Gasteiger partial charge in [0.2, 0.25) is 0 Å². The van der Waals surface area contributed by atoms with Crippen molar-refractivity contribution >= 4 is 46.9 Å². The summed E-state index contributed by atoms with van der Waals surface area (Å²) in [6.45, 7) is 3.19. The molecule has 6 nitrogen and oxygen atoms in total. The van der Waals surface area contributed by atoms with E-state index >= 15 is 0 Å². The summed E-state index contributed by atoms with van der Waals surface area (Å²) < 4.78 is 0. The van der Waals surface area contributed by atoms with Gasteiger partial charge in [-0.2, -0.15) is 0 Å². The van der Waals surface area contributed by atoms with Crippen molar-refractivity contribution in [2.24, 2.45) is 0 Å². The molecule has 21 heavy (non-hydrogen) atoms. The SMILES string of the molecule is CC(C)NC(=O)N1CC(=O)N(c2ccc(Cl)cc2Cl)C1=O. The summed E-state index contributed by atoms with van der Waals surface area (Å²) in [6, 6.07) is 2.91. The van der Waals surface area contributed by atoms with Gasteiger partial charge in [-0.05, 0) is 32.0 Å². The molecule has 2 rings (SSSR count). The Labute approximate surface area is 131 Å². The van der Waals surface area contributed by atoms with Crippen molar-refractivity contribution in [2.45, 2.75) is 19.9 Å². The lowest BCUT2D eigenvalue weighted by molar-refractivity contribution is -0.116. The first-order valence-corrected chi connectivity index (χ1v) is 6.97. The molecule has 0 saturated carbocycles. The van der Waals surface area contributed by atoms with Crippen LogP contribution in [0.1, 0.15) is 13.8 Å². The minimum absolute atomic E-state index is 0.145. The molecular formula is C13H13Cl2N3O3. The average Bonchev–Trinajstić information content (AvgIpc) is 2.65. The number of rotatable bonds is 2. The standard InChI is InChI=1S/C13H13Cl2N3O3/c1-7(2)16-12(20)17-6-11(19)18(13(17)21)10-4-3-8(14)5-9(10)15/h3-5,7H,6H2,1-2H3,(H,16,20). The van der Waals surface area contributed by atoms with E-state index in [1.165, 1.54) is 18.2 Å². The van der Waals surface area contributed by atoms with Crippen LogP contribution < -0.4 is 10.2 Å². The number of nitrogens with one attached hydrogen (secondary N) is 1. The number of anilines is 1. The van der Waals surface area contributed by atoms with E-state index < -0.39 is 18.0 Å². The minimum Gasteiger partial charge on any atom is -0.335 e. The normalized spacial score (nSPS) is 15.1. The van der Waals surface area contributed by atoms with Gasteiger partial charge in [-0.1, -0.05) is 23.2 Å². The number of halogens is 2. The van der Waals surface area contributed by atoms with Crippen LogP contribution in [0.5, 0.6) is 0 Å². The van der Waals surface area contributed by atoms with Gasteiger partial charge in [0.05, 0.1) is 10.7 Å². The molecule has 1 fully saturated rings. The summed E-state index contributed by atoms with van der Waals surface area (Å²) in [7, 11) is 0. The van der Waals surface area contributed by atoms with E-state index in [1.807, 2.05) is 0 Å². The third kappa shape index (κ3) is 3.11. The average molecular weight is 330 g/mol. The molecule has 1 N–H and O–H groups in total. The molecule has 1 aliphatic heterocycles. The van der Waals surface area contributed by atoms with Gasteiger partial charge in [0, 0.05) is 11.1 Å². The highest BCUT2D eigenvalue weighted by molar-refractivity contribution is 6.38. The van der Waals surface area contributed by atoms with E-state index in [2.05, 4.69) is 5.32 Å². The van der Waals surface area contributed by atoms with E-state index in [0.29, 0.717) is 5.02 Å². The predicted octanol–water partition coefficient (Wildman–Crippen LogP) is 2.88. The maximum Gasteiger partial charge on any atom is 0.340 e. The maximum absolute atomic E-state index is 12.3. The predicted molar refractivity (Wildman–Crippen MR) is 79.7 cm³/mol. The maximum atomic E-state index is 12.3. The van der Waals surface area contributed by atoms with E-state index in [1.54, 1.807) is 13.8 Å². The third-order valence-electron chi connectivity index (χ3n) is 2.77. The summed E-state index contributed by atoms with van der Waals surface area (Å²) in [6.07, 6.45) is 0. The van der Waals surface area contributed by atoms with Gasteiger partial charge in [0.15, 0.2) is 0 Å². The molecule has 1 aliphatic rings. The number of carbonyl (C=O) groups is 3. The highest BCUT2D eigenvalue weighted by Gasteiger charge is 2.41. The molecule has 1 aromatic carbocycles. The molecule has 0 aromatic heterocycles. The van der Waals surface area contributed by atoms with Crippen LogP contribution in [0, 0.1) is 0 Å². The fourth-order valence-corrected chi connectivity index (χ4v) is 2.38. The molecule has 0 aliphatic carbocycles. The number of benzene rings is 1. The van der Waals surface area contributed by atoms with Crippen LogP contribution in [0.25, 0.3) is 0 Å². The highest BCUT2D eigenvalue weighted by Crippen LogP contribution is 2.31. The van der Waals surface area contributed by atoms with E-state index in [4.69, 9.17) is 23.2 Å². The largest absolute Gasteiger partial charge is 0.340 e. The van der Waals surface area contributed by atoms with Gasteiger partial charge in [-0.25, -0.2) is 19.4 Å². The Morgan fingerprint density at radius 1 is 1.29 bits per heavy atom. The lowest BCUT2D eigenvalue weighted by atomic mass is 10.3. The Morgan fingerprint density at radius 2 is 1.95 bits per heavy atom. The van der Waals surface area contributed by atoms with Crippen LogP contribution in [0.15, 0.2) is 18.2 Å². The zero-order valence-electron chi connectivity index (χ0n) is 11.4. The Kier molecular flexibility index (Phi) is 4.39. The van der Waals surface area contributed by atoms with Crippen LogP contribution in [0.4, 0.5) is 15.3 Å². The van der Waals surface area contributed by atoms with Gasteiger partial charge in [-0.3, -0.25) is 4.79 Å². The fourth-order valence-electron chi connectivity index (χ4n) is 1.88. The van der Waals surface area contributed by atoms with Crippen LogP contribution in [0.3, 0.4) is 0 Å². The van der Waals surface area contributed by atoms with Crippen molar-refractivity contribution in [1.82, 2.24) is 10.2 Å². The van der Waals surface area contributed by atoms with Crippen LogP contribution in [-0.2, 0) is 4.79 Å². The second-order valence-electron chi connectivity index (χ2n) is 4.80. The van der Waals surface area contributed by atoms with Gasteiger partial charge in [0.1, 0.15) is 6.54 Å². The van der Waals surface area contributed by atoms with Gasteiger partial charge in [0.25, 0.3) is 5.91 Å². The third-order valence-corrected chi connectivity index (χ3v) is 3.31.